The van der Waals surface area contributed by atoms with Gasteiger partial charge in [-0.3, -0.25) is 4.79 Å². The first kappa shape index (κ1) is 15.6. The van der Waals surface area contributed by atoms with Crippen molar-refractivity contribution >= 4 is 17.6 Å². The number of hydrogen-bond donors (Lipinski definition) is 1. The summed E-state index contributed by atoms with van der Waals surface area (Å²) in [5, 5.41) is 2.38. The highest BCUT2D eigenvalue weighted by Crippen LogP contribution is 2.17. The Hall–Kier alpha value is -2.76. The number of nitrogens with one attached hydrogen (secondary N) is 1. The van der Waals surface area contributed by atoms with Crippen molar-refractivity contribution in [1.82, 2.24) is 0 Å². The van der Waals surface area contributed by atoms with E-state index in [1.165, 1.54) is 43.5 Å². The number of ether oxygens (including phenoxy) is 1. The lowest BCUT2D eigenvalue weighted by atomic mass is 10.1. The van der Waals surface area contributed by atoms with Crippen molar-refractivity contribution in [2.45, 2.75) is 6.42 Å². The van der Waals surface area contributed by atoms with Crippen molar-refractivity contribution in [3.63, 3.8) is 0 Å². The van der Waals surface area contributed by atoms with Gasteiger partial charge in [-0.05, 0) is 35.9 Å². The minimum absolute atomic E-state index is 0.0395. The zero-order valence-electron chi connectivity index (χ0n) is 11.7. The van der Waals surface area contributed by atoms with E-state index < -0.39 is 23.5 Å². The Kier molecular flexibility index (Phi) is 4.83. The van der Waals surface area contributed by atoms with Crippen molar-refractivity contribution in [2.24, 2.45) is 0 Å². The molecule has 0 radical (unpaired) electrons. The summed E-state index contributed by atoms with van der Waals surface area (Å²) in [7, 11) is 1.21. The average molecular weight is 305 g/mol. The monoisotopic (exact) mass is 305 g/mol. The molecule has 114 valence electrons. The Morgan fingerprint density at radius 2 is 1.77 bits per heavy atom. The van der Waals surface area contributed by atoms with Crippen LogP contribution in [0.5, 0.6) is 0 Å². The van der Waals surface area contributed by atoms with Gasteiger partial charge in [0.25, 0.3) is 0 Å². The fourth-order valence-electron chi connectivity index (χ4n) is 1.85. The van der Waals surface area contributed by atoms with Gasteiger partial charge in [0, 0.05) is 0 Å². The lowest BCUT2D eigenvalue weighted by molar-refractivity contribution is -0.115. The lowest BCUT2D eigenvalue weighted by Crippen LogP contribution is -2.16. The lowest BCUT2D eigenvalue weighted by Gasteiger charge is -2.08. The molecule has 6 heteroatoms. The van der Waals surface area contributed by atoms with Gasteiger partial charge in [-0.15, -0.1) is 0 Å². The van der Waals surface area contributed by atoms with Gasteiger partial charge in [0.05, 0.1) is 24.8 Å². The van der Waals surface area contributed by atoms with E-state index in [1.54, 1.807) is 0 Å². The van der Waals surface area contributed by atoms with Gasteiger partial charge in [0.1, 0.15) is 11.6 Å². The smallest absolute Gasteiger partial charge is 0.337 e. The molecule has 2 aromatic carbocycles. The topological polar surface area (TPSA) is 55.4 Å². The van der Waals surface area contributed by atoms with Gasteiger partial charge >= 0.3 is 5.97 Å². The summed E-state index contributed by atoms with van der Waals surface area (Å²) in [5.41, 5.74) is 0.597. The molecule has 0 heterocycles. The molecule has 0 saturated heterocycles. The third-order valence-electron chi connectivity index (χ3n) is 2.94. The third kappa shape index (κ3) is 3.88. The normalized spacial score (nSPS) is 10.1. The van der Waals surface area contributed by atoms with Crippen LogP contribution in [-0.4, -0.2) is 19.0 Å². The minimum Gasteiger partial charge on any atom is -0.465 e. The van der Waals surface area contributed by atoms with Crippen LogP contribution >= 0.6 is 0 Å². The molecular formula is C16H13F2NO3. The van der Waals surface area contributed by atoms with Gasteiger partial charge in [0.15, 0.2) is 0 Å². The molecule has 2 rings (SSSR count). The van der Waals surface area contributed by atoms with E-state index in [9.17, 15) is 18.4 Å². The van der Waals surface area contributed by atoms with Gasteiger partial charge < -0.3 is 10.1 Å². The van der Waals surface area contributed by atoms with Gasteiger partial charge in [-0.25, -0.2) is 13.6 Å². The van der Waals surface area contributed by atoms with E-state index in [1.807, 2.05) is 0 Å². The van der Waals surface area contributed by atoms with Crippen LogP contribution in [0.1, 0.15) is 15.9 Å². The molecular weight excluding hydrogens is 292 g/mol. The van der Waals surface area contributed by atoms with Crippen LogP contribution in [0, 0.1) is 11.6 Å². The predicted octanol–water partition coefficient (Wildman–Crippen LogP) is 2.93. The van der Waals surface area contributed by atoms with Crippen LogP contribution < -0.4 is 5.32 Å². The highest BCUT2D eigenvalue weighted by Gasteiger charge is 2.12. The molecule has 2 aromatic rings. The maximum Gasteiger partial charge on any atom is 0.337 e. The number of benzene rings is 2. The fourth-order valence-corrected chi connectivity index (χ4v) is 1.85. The number of esters is 1. The molecule has 0 unspecified atom stereocenters. The quantitative estimate of drug-likeness (QED) is 0.884. The zero-order chi connectivity index (χ0) is 16.1. The van der Waals surface area contributed by atoms with Crippen LogP contribution in [0.25, 0.3) is 0 Å². The molecule has 4 nitrogen and oxygen atoms in total. The van der Waals surface area contributed by atoms with E-state index in [0.29, 0.717) is 5.56 Å². The van der Waals surface area contributed by atoms with Crippen molar-refractivity contribution in [3.05, 3.63) is 65.2 Å². The second kappa shape index (κ2) is 6.80. The van der Waals surface area contributed by atoms with Gasteiger partial charge in [-0.1, -0.05) is 12.1 Å². The Morgan fingerprint density at radius 1 is 1.09 bits per heavy atom. The van der Waals surface area contributed by atoms with Crippen LogP contribution in [0.3, 0.4) is 0 Å². The van der Waals surface area contributed by atoms with E-state index in [0.717, 1.165) is 6.07 Å². The third-order valence-corrected chi connectivity index (χ3v) is 2.94. The number of methoxy groups -OCH3 is 1. The van der Waals surface area contributed by atoms with Gasteiger partial charge in [-0.2, -0.15) is 0 Å². The minimum atomic E-state index is -0.667. The molecule has 0 aliphatic carbocycles. The van der Waals surface area contributed by atoms with Crippen molar-refractivity contribution in [1.29, 1.82) is 0 Å². The molecule has 1 N–H and O–H groups in total. The number of carbonyl (C=O) groups excluding carboxylic acids is 2. The first-order valence-electron chi connectivity index (χ1n) is 6.42. The summed E-state index contributed by atoms with van der Waals surface area (Å²) in [6.45, 7) is 0. The highest BCUT2D eigenvalue weighted by molar-refractivity contribution is 5.95. The van der Waals surface area contributed by atoms with Crippen LogP contribution in [0.2, 0.25) is 0 Å². The van der Waals surface area contributed by atoms with E-state index >= 15 is 0 Å². The van der Waals surface area contributed by atoms with Crippen molar-refractivity contribution in [2.75, 3.05) is 12.4 Å². The molecule has 22 heavy (non-hydrogen) atoms. The van der Waals surface area contributed by atoms with Crippen LogP contribution in [0.4, 0.5) is 14.5 Å². The highest BCUT2D eigenvalue weighted by atomic mass is 19.1. The molecule has 0 fully saturated rings. The number of carbonyl (C=O) groups is 2. The first-order chi connectivity index (χ1) is 10.5. The Bertz CT molecular complexity index is 699. The Balaban J connectivity index is 2.10. The summed E-state index contributed by atoms with van der Waals surface area (Å²) in [4.78, 5) is 23.3. The molecule has 0 atom stereocenters. The molecule has 0 spiro atoms. The van der Waals surface area contributed by atoms with E-state index in [2.05, 4.69) is 10.1 Å². The number of anilines is 1. The van der Waals surface area contributed by atoms with Crippen LogP contribution in [0.15, 0.2) is 42.5 Å². The van der Waals surface area contributed by atoms with Gasteiger partial charge in [0.2, 0.25) is 5.91 Å². The maximum atomic E-state index is 13.7. The van der Waals surface area contributed by atoms with Crippen molar-refractivity contribution in [3.8, 4) is 0 Å². The van der Waals surface area contributed by atoms with Crippen LogP contribution in [-0.2, 0) is 16.0 Å². The fraction of sp³-hybridized carbons (Fsp3) is 0.125. The number of hydrogen-bond acceptors (Lipinski definition) is 3. The molecule has 0 aromatic heterocycles. The first-order valence-corrected chi connectivity index (χ1v) is 6.42. The Labute approximate surface area is 125 Å². The number of halogens is 2. The average Bonchev–Trinajstić information content (AvgIpc) is 2.51. The standard InChI is InChI=1S/C16H13F2NO3/c1-22-16(21)11-4-7-13(18)14(9-11)19-15(20)8-10-2-5-12(17)6-3-10/h2-7,9H,8H2,1H3,(H,19,20). The summed E-state index contributed by atoms with van der Waals surface area (Å²) >= 11 is 0. The number of amides is 1. The Morgan fingerprint density at radius 3 is 2.41 bits per heavy atom. The SMILES string of the molecule is COC(=O)c1ccc(F)c(NC(=O)Cc2ccc(F)cc2)c1. The molecule has 0 bridgehead atoms. The van der Waals surface area contributed by atoms with E-state index in [4.69, 9.17) is 0 Å². The second-order valence-electron chi connectivity index (χ2n) is 4.54. The molecule has 0 aliphatic heterocycles. The summed E-state index contributed by atoms with van der Waals surface area (Å²) in [5.74, 6) is -2.18. The second-order valence-corrected chi connectivity index (χ2v) is 4.54. The van der Waals surface area contributed by atoms with E-state index in [-0.39, 0.29) is 17.7 Å². The summed E-state index contributed by atoms with van der Waals surface area (Å²) in [6, 6.07) is 8.94. The summed E-state index contributed by atoms with van der Waals surface area (Å²) in [6.07, 6.45) is -0.0395. The number of rotatable bonds is 4. The van der Waals surface area contributed by atoms with Crippen molar-refractivity contribution < 1.29 is 23.1 Å². The predicted molar refractivity (Wildman–Crippen MR) is 76.5 cm³/mol. The molecule has 0 saturated carbocycles. The summed E-state index contributed by atoms with van der Waals surface area (Å²) < 4.78 is 31.0. The molecule has 0 aliphatic rings. The maximum absolute atomic E-state index is 13.7. The molecule has 1 amide bonds. The zero-order valence-corrected chi connectivity index (χ0v) is 11.7. The largest absolute Gasteiger partial charge is 0.465 e.